The lowest BCUT2D eigenvalue weighted by atomic mass is 9.90. The van der Waals surface area contributed by atoms with Crippen LogP contribution in [-0.2, 0) is 0 Å². The quantitative estimate of drug-likeness (QED) is 0.835. The summed E-state index contributed by atoms with van der Waals surface area (Å²) in [4.78, 5) is 12.6. The molecule has 0 saturated carbocycles. The van der Waals surface area contributed by atoms with E-state index in [2.05, 4.69) is 0 Å². The molecule has 0 fully saturated rings. The summed E-state index contributed by atoms with van der Waals surface area (Å²) in [6.45, 7) is 0.279. The Hall–Kier alpha value is -2.13. The van der Waals surface area contributed by atoms with Gasteiger partial charge in [-0.25, -0.2) is 0 Å². The molecular weight excluding hydrogens is 238 g/mol. The highest BCUT2D eigenvalue weighted by Gasteiger charge is 2.22. The molecule has 0 radical (unpaired) electrons. The fraction of sp³-hybridized carbons (Fsp3) is 0.188. The first-order valence-electron chi connectivity index (χ1n) is 6.20. The summed E-state index contributed by atoms with van der Waals surface area (Å²) >= 11 is 0. The molecule has 2 aromatic rings. The highest BCUT2D eigenvalue weighted by Crippen LogP contribution is 2.25. The van der Waals surface area contributed by atoms with Crippen LogP contribution in [0.2, 0.25) is 0 Å². The lowest BCUT2D eigenvalue weighted by molar-refractivity contribution is 0.0959. The predicted molar refractivity (Wildman–Crippen MR) is 75.6 cm³/mol. The van der Waals surface area contributed by atoms with E-state index in [4.69, 9.17) is 10.5 Å². The molecule has 0 aromatic heterocycles. The second-order valence-electron chi connectivity index (χ2n) is 4.26. The molecule has 0 amide bonds. The van der Waals surface area contributed by atoms with Crippen LogP contribution in [0.15, 0.2) is 54.6 Å². The highest BCUT2D eigenvalue weighted by atomic mass is 16.5. The standard InChI is InChI=1S/C16H17NO2/c1-19-15-10-6-5-9-13(15)16(18)14(11-17)12-7-3-2-4-8-12/h2-10,14H,11,17H2,1H3. The lowest BCUT2D eigenvalue weighted by Crippen LogP contribution is -2.22. The van der Waals surface area contributed by atoms with E-state index in [1.807, 2.05) is 42.5 Å². The fourth-order valence-corrected chi connectivity index (χ4v) is 2.12. The number of carbonyl (C=O) groups is 1. The van der Waals surface area contributed by atoms with Gasteiger partial charge in [0.1, 0.15) is 5.75 Å². The Morgan fingerprint density at radius 3 is 2.37 bits per heavy atom. The van der Waals surface area contributed by atoms with Crippen molar-refractivity contribution in [3.8, 4) is 5.75 Å². The number of para-hydroxylation sites is 1. The minimum atomic E-state index is -0.336. The van der Waals surface area contributed by atoms with Crippen molar-refractivity contribution in [3.63, 3.8) is 0 Å². The molecule has 2 aromatic carbocycles. The minimum absolute atomic E-state index is 0.00819. The van der Waals surface area contributed by atoms with E-state index in [-0.39, 0.29) is 18.2 Å². The van der Waals surface area contributed by atoms with Crippen LogP contribution in [0.5, 0.6) is 5.75 Å². The number of carbonyl (C=O) groups excluding carboxylic acids is 1. The Kier molecular flexibility index (Phi) is 4.31. The van der Waals surface area contributed by atoms with Gasteiger partial charge in [-0.2, -0.15) is 0 Å². The maximum Gasteiger partial charge on any atom is 0.175 e. The number of ether oxygens (including phenoxy) is 1. The van der Waals surface area contributed by atoms with Gasteiger partial charge in [0, 0.05) is 6.54 Å². The van der Waals surface area contributed by atoms with Gasteiger partial charge in [0.05, 0.1) is 18.6 Å². The van der Waals surface area contributed by atoms with Crippen LogP contribution in [0.25, 0.3) is 0 Å². The van der Waals surface area contributed by atoms with Crippen LogP contribution in [0, 0.1) is 0 Å². The predicted octanol–water partition coefficient (Wildman–Crippen LogP) is 2.62. The summed E-state index contributed by atoms with van der Waals surface area (Å²) in [6.07, 6.45) is 0. The molecule has 0 saturated heterocycles. The van der Waals surface area contributed by atoms with Gasteiger partial charge in [-0.05, 0) is 17.7 Å². The summed E-state index contributed by atoms with van der Waals surface area (Å²) in [5.74, 6) is 0.241. The first kappa shape index (κ1) is 13.3. The van der Waals surface area contributed by atoms with Gasteiger partial charge in [-0.1, -0.05) is 42.5 Å². The average molecular weight is 255 g/mol. The average Bonchev–Trinajstić information content (AvgIpc) is 2.49. The largest absolute Gasteiger partial charge is 0.496 e. The van der Waals surface area contributed by atoms with Crippen molar-refractivity contribution in [2.45, 2.75) is 5.92 Å². The van der Waals surface area contributed by atoms with Crippen molar-refractivity contribution in [3.05, 3.63) is 65.7 Å². The summed E-state index contributed by atoms with van der Waals surface area (Å²) in [6, 6.07) is 16.8. The van der Waals surface area contributed by atoms with Crippen LogP contribution in [0.1, 0.15) is 21.8 Å². The third kappa shape index (κ3) is 2.83. The second kappa shape index (κ2) is 6.16. The van der Waals surface area contributed by atoms with Gasteiger partial charge in [-0.15, -0.1) is 0 Å². The van der Waals surface area contributed by atoms with Gasteiger partial charge in [0.2, 0.25) is 0 Å². The zero-order valence-electron chi connectivity index (χ0n) is 10.9. The normalized spacial score (nSPS) is 11.9. The summed E-state index contributed by atoms with van der Waals surface area (Å²) in [5, 5.41) is 0. The molecule has 3 heteroatoms. The molecule has 2 N–H and O–H groups in total. The molecule has 98 valence electrons. The molecule has 0 bridgehead atoms. The number of hydrogen-bond donors (Lipinski definition) is 1. The van der Waals surface area contributed by atoms with Crippen LogP contribution < -0.4 is 10.5 Å². The van der Waals surface area contributed by atoms with E-state index in [1.54, 1.807) is 19.2 Å². The number of Topliss-reactive ketones (excluding diaryl/α,β-unsaturated/α-hetero) is 1. The maximum atomic E-state index is 12.6. The van der Waals surface area contributed by atoms with Crippen LogP contribution in [-0.4, -0.2) is 19.4 Å². The van der Waals surface area contributed by atoms with E-state index in [0.29, 0.717) is 11.3 Å². The van der Waals surface area contributed by atoms with Crippen LogP contribution >= 0.6 is 0 Å². The van der Waals surface area contributed by atoms with Gasteiger partial charge in [0.15, 0.2) is 5.78 Å². The van der Waals surface area contributed by atoms with Crippen LogP contribution in [0.3, 0.4) is 0 Å². The molecule has 19 heavy (non-hydrogen) atoms. The molecule has 0 aliphatic heterocycles. The Morgan fingerprint density at radius 2 is 1.74 bits per heavy atom. The SMILES string of the molecule is COc1ccccc1C(=O)C(CN)c1ccccc1. The van der Waals surface area contributed by atoms with Gasteiger partial charge >= 0.3 is 0 Å². The first-order valence-corrected chi connectivity index (χ1v) is 6.20. The maximum absolute atomic E-state index is 12.6. The van der Waals surface area contributed by atoms with Crippen molar-refractivity contribution in [1.29, 1.82) is 0 Å². The molecule has 1 atom stereocenters. The highest BCUT2D eigenvalue weighted by molar-refractivity contribution is 6.03. The van der Waals surface area contributed by atoms with Crippen molar-refractivity contribution in [2.24, 2.45) is 5.73 Å². The Morgan fingerprint density at radius 1 is 1.11 bits per heavy atom. The molecule has 2 rings (SSSR count). The topological polar surface area (TPSA) is 52.3 Å². The van der Waals surface area contributed by atoms with Crippen molar-refractivity contribution >= 4 is 5.78 Å². The summed E-state index contributed by atoms with van der Waals surface area (Å²) in [5.41, 5.74) is 7.28. The molecule has 0 aliphatic carbocycles. The van der Waals surface area contributed by atoms with E-state index in [0.717, 1.165) is 5.56 Å². The van der Waals surface area contributed by atoms with Gasteiger partial charge < -0.3 is 10.5 Å². The number of methoxy groups -OCH3 is 1. The smallest absolute Gasteiger partial charge is 0.175 e. The zero-order valence-corrected chi connectivity index (χ0v) is 10.9. The second-order valence-corrected chi connectivity index (χ2v) is 4.26. The lowest BCUT2D eigenvalue weighted by Gasteiger charge is -2.15. The van der Waals surface area contributed by atoms with E-state index in [9.17, 15) is 4.79 Å². The molecule has 0 heterocycles. The monoisotopic (exact) mass is 255 g/mol. The van der Waals surface area contributed by atoms with Crippen LogP contribution in [0.4, 0.5) is 0 Å². The Bertz CT molecular complexity index is 552. The van der Waals surface area contributed by atoms with Crippen molar-refractivity contribution in [2.75, 3.05) is 13.7 Å². The van der Waals surface area contributed by atoms with Gasteiger partial charge in [0.25, 0.3) is 0 Å². The number of benzene rings is 2. The number of hydrogen-bond acceptors (Lipinski definition) is 3. The van der Waals surface area contributed by atoms with Crippen molar-refractivity contribution < 1.29 is 9.53 Å². The van der Waals surface area contributed by atoms with E-state index >= 15 is 0 Å². The molecule has 0 aliphatic rings. The van der Waals surface area contributed by atoms with E-state index in [1.165, 1.54) is 0 Å². The summed E-state index contributed by atoms with van der Waals surface area (Å²) < 4.78 is 5.24. The molecule has 0 spiro atoms. The fourth-order valence-electron chi connectivity index (χ4n) is 2.12. The third-order valence-corrected chi connectivity index (χ3v) is 3.13. The first-order chi connectivity index (χ1) is 9.27. The molecule has 1 unspecified atom stereocenters. The van der Waals surface area contributed by atoms with E-state index < -0.39 is 0 Å². The minimum Gasteiger partial charge on any atom is -0.496 e. The zero-order chi connectivity index (χ0) is 13.7. The summed E-state index contributed by atoms with van der Waals surface area (Å²) in [7, 11) is 1.56. The third-order valence-electron chi connectivity index (χ3n) is 3.13. The Balaban J connectivity index is 2.36. The molecular formula is C16H17NO2. The van der Waals surface area contributed by atoms with Crippen molar-refractivity contribution in [1.82, 2.24) is 0 Å². The molecule has 3 nitrogen and oxygen atoms in total. The van der Waals surface area contributed by atoms with Gasteiger partial charge in [-0.3, -0.25) is 4.79 Å². The number of rotatable bonds is 5. The Labute approximate surface area is 113 Å². The number of nitrogens with two attached hydrogens (primary N) is 1. The number of ketones is 1.